The van der Waals surface area contributed by atoms with Gasteiger partial charge in [0.05, 0.1) is 0 Å². The Hall–Kier alpha value is -4.24. The van der Waals surface area contributed by atoms with Crippen molar-refractivity contribution in [3.8, 4) is 0 Å². The maximum absolute atomic E-state index is 9.08. The number of hydrogen-bond acceptors (Lipinski definition) is 2. The minimum atomic E-state index is -2.33. The summed E-state index contributed by atoms with van der Waals surface area (Å²) in [5.41, 5.74) is 21.5. The first-order valence-corrected chi connectivity index (χ1v) is 22.8. The van der Waals surface area contributed by atoms with E-state index in [1.54, 1.807) is 0 Å². The first-order chi connectivity index (χ1) is 28.8. The van der Waals surface area contributed by atoms with Crippen LogP contribution in [-0.2, 0) is 37.9 Å². The molecule has 60 heavy (non-hydrogen) atoms. The van der Waals surface area contributed by atoms with Crippen molar-refractivity contribution in [3.63, 3.8) is 0 Å². The Balaban J connectivity index is 1.36. The number of rotatable bonds is 2. The summed E-state index contributed by atoms with van der Waals surface area (Å²) in [7, 11) is 0. The molecule has 310 valence electrons. The van der Waals surface area contributed by atoms with E-state index in [9.17, 15) is 0 Å². The lowest BCUT2D eigenvalue weighted by Crippen LogP contribution is -2.61. The van der Waals surface area contributed by atoms with Crippen LogP contribution in [0.3, 0.4) is 0 Å². The zero-order valence-electron chi connectivity index (χ0n) is 42.5. The van der Waals surface area contributed by atoms with Crippen molar-refractivity contribution in [3.05, 3.63) is 123 Å². The van der Waals surface area contributed by atoms with Gasteiger partial charge in [-0.2, -0.15) is 0 Å². The molecule has 0 radical (unpaired) electrons. The summed E-state index contributed by atoms with van der Waals surface area (Å²) < 4.78 is 27.3. The molecule has 10 rings (SSSR count). The highest BCUT2D eigenvalue weighted by molar-refractivity contribution is 7.00. The molecule has 0 bridgehead atoms. The van der Waals surface area contributed by atoms with Crippen molar-refractivity contribution in [1.82, 2.24) is 0 Å². The molecule has 5 aliphatic rings. The molecule has 0 N–H and O–H groups in total. The molecule has 0 unspecified atom stereocenters. The second kappa shape index (κ2) is 11.8. The zero-order chi connectivity index (χ0) is 45.7. The summed E-state index contributed by atoms with van der Waals surface area (Å²) in [5, 5.41) is 0. The Morgan fingerprint density at radius 1 is 0.483 bits per heavy atom. The molecule has 3 heteroatoms. The summed E-state index contributed by atoms with van der Waals surface area (Å²) in [6, 6.07) is 28.4. The fraction of sp³-hybridized carbons (Fsp3) is 0.474. The maximum Gasteiger partial charge on any atom is 0.252 e. The number of nitrogens with zero attached hydrogens (tertiary/aromatic N) is 2. The fourth-order valence-corrected chi connectivity index (χ4v) is 13.9. The highest BCUT2D eigenvalue weighted by Crippen LogP contribution is 2.56. The third-order valence-electron chi connectivity index (χ3n) is 15.9. The van der Waals surface area contributed by atoms with Crippen molar-refractivity contribution in [2.24, 2.45) is 0 Å². The average molecular weight is 796 g/mol. The topological polar surface area (TPSA) is 6.48 Å². The summed E-state index contributed by atoms with van der Waals surface area (Å²) in [6.07, 6.45) is 3.22. The quantitative estimate of drug-likeness (QED) is 0.161. The van der Waals surface area contributed by atoms with E-state index in [1.165, 1.54) is 66.6 Å². The smallest absolute Gasteiger partial charge is 0.252 e. The minimum absolute atomic E-state index is 0.00497. The average Bonchev–Trinajstić information content (AvgIpc) is 3.54. The van der Waals surface area contributed by atoms with Crippen molar-refractivity contribution in [1.29, 1.82) is 0 Å². The van der Waals surface area contributed by atoms with E-state index in [0.717, 1.165) is 47.7 Å². The molecule has 2 heterocycles. The van der Waals surface area contributed by atoms with E-state index in [4.69, 9.17) is 4.11 Å². The Bertz CT molecular complexity index is 2830. The van der Waals surface area contributed by atoms with E-state index in [-0.39, 0.29) is 44.6 Å². The van der Waals surface area contributed by atoms with Crippen LogP contribution in [0.25, 0.3) is 0 Å². The van der Waals surface area contributed by atoms with Gasteiger partial charge in [-0.05, 0) is 180 Å². The third-order valence-corrected chi connectivity index (χ3v) is 15.9. The Morgan fingerprint density at radius 3 is 1.53 bits per heavy atom. The third kappa shape index (κ3) is 5.45. The van der Waals surface area contributed by atoms with Crippen molar-refractivity contribution >= 4 is 57.2 Å². The molecular weight excluding hydrogens is 723 g/mol. The highest BCUT2D eigenvalue weighted by atomic mass is 15.2. The van der Waals surface area contributed by atoms with Crippen molar-refractivity contribution in [2.75, 3.05) is 9.80 Å². The van der Waals surface area contributed by atoms with Crippen LogP contribution >= 0.6 is 0 Å². The van der Waals surface area contributed by atoms with Gasteiger partial charge >= 0.3 is 0 Å². The van der Waals surface area contributed by atoms with Crippen molar-refractivity contribution < 1.29 is 4.11 Å². The molecule has 0 atom stereocenters. The SMILES string of the molecule is [2H]C([2H])([2H])c1cc2c3c(c1)N(c1cc4c(cc1C)C(C)(C)CC4(C)C)c1ccc(C(C)(C)C)cc1B3c1cc3c(cc1N2c1ccc2c(c1)C(C)(C)CC2(C)C)C(C)(C)CC3(C)C. The van der Waals surface area contributed by atoms with Gasteiger partial charge in [0.25, 0.3) is 6.71 Å². The van der Waals surface area contributed by atoms with Gasteiger partial charge in [0.1, 0.15) is 0 Å². The van der Waals surface area contributed by atoms with Crippen LogP contribution in [-0.4, -0.2) is 6.71 Å². The standard InChI is InChI=1S/C57H69BN2/c1-33-22-48-50-49(23-33)60(46-28-41-38(24-34(46)2)53(8,9)31-56(41,14)15)45-21-18-35(51(3,4)5)25-43(45)58(50)44-27-40-42(57(16,17)32-55(40,12)13)29-47(44)59(48)36-19-20-37-39(26-36)54(10,11)30-52(37,6)7/h18-29H,30-32H2,1-17H3/i1D3. The van der Waals surface area contributed by atoms with Gasteiger partial charge in [0, 0.05) is 38.2 Å². The van der Waals surface area contributed by atoms with Gasteiger partial charge in [-0.3, -0.25) is 0 Å². The first kappa shape index (κ1) is 36.4. The molecule has 0 aromatic heterocycles. The van der Waals surface area contributed by atoms with Crippen LogP contribution in [0.1, 0.15) is 177 Å². The molecule has 3 aliphatic carbocycles. The Labute approximate surface area is 367 Å². The molecular formula is C57H69BN2. The Kier molecular flexibility index (Phi) is 7.17. The van der Waals surface area contributed by atoms with Crippen LogP contribution in [0.15, 0.2) is 72.8 Å². The van der Waals surface area contributed by atoms with E-state index < -0.39 is 6.85 Å². The number of anilines is 6. The first-order valence-electron chi connectivity index (χ1n) is 24.3. The van der Waals surface area contributed by atoms with Crippen LogP contribution in [0.2, 0.25) is 0 Å². The summed E-state index contributed by atoms with van der Waals surface area (Å²) in [6.45, 7) is 35.5. The number of benzene rings is 5. The largest absolute Gasteiger partial charge is 0.311 e. The minimum Gasteiger partial charge on any atom is -0.311 e. The van der Waals surface area contributed by atoms with Crippen LogP contribution in [0.5, 0.6) is 0 Å². The van der Waals surface area contributed by atoms with Crippen LogP contribution in [0.4, 0.5) is 34.1 Å². The van der Waals surface area contributed by atoms with Gasteiger partial charge in [0.15, 0.2) is 0 Å². The van der Waals surface area contributed by atoms with Gasteiger partial charge in [-0.1, -0.05) is 134 Å². The lowest BCUT2D eigenvalue weighted by molar-refractivity contribution is 0.402. The number of fused-ring (bicyclic) bond motifs is 7. The monoisotopic (exact) mass is 796 g/mol. The second-order valence-corrected chi connectivity index (χ2v) is 24.8. The fourth-order valence-electron chi connectivity index (χ4n) is 13.9. The second-order valence-electron chi connectivity index (χ2n) is 24.8. The zero-order valence-corrected chi connectivity index (χ0v) is 39.5. The maximum atomic E-state index is 9.08. The molecule has 0 saturated heterocycles. The van der Waals surface area contributed by atoms with Gasteiger partial charge in [-0.15, -0.1) is 0 Å². The van der Waals surface area contributed by atoms with E-state index in [0.29, 0.717) is 5.56 Å². The predicted octanol–water partition coefficient (Wildman–Crippen LogP) is 13.6. The van der Waals surface area contributed by atoms with Crippen LogP contribution in [0, 0.1) is 13.8 Å². The molecule has 2 nitrogen and oxygen atoms in total. The molecule has 5 aromatic rings. The summed E-state index contributed by atoms with van der Waals surface area (Å²) >= 11 is 0. The van der Waals surface area contributed by atoms with Gasteiger partial charge in [-0.25, -0.2) is 0 Å². The van der Waals surface area contributed by atoms with Crippen LogP contribution < -0.4 is 26.2 Å². The van der Waals surface area contributed by atoms with Crippen molar-refractivity contribution in [2.45, 2.75) is 175 Å². The molecule has 0 spiro atoms. The summed E-state index contributed by atoms with van der Waals surface area (Å²) in [5.74, 6) is 0. The Morgan fingerprint density at radius 2 is 0.967 bits per heavy atom. The molecule has 5 aromatic carbocycles. The van der Waals surface area contributed by atoms with E-state index >= 15 is 0 Å². The predicted molar refractivity (Wildman–Crippen MR) is 261 cm³/mol. The van der Waals surface area contributed by atoms with E-state index in [1.807, 2.05) is 12.1 Å². The molecule has 0 fully saturated rings. The highest BCUT2D eigenvalue weighted by Gasteiger charge is 2.50. The van der Waals surface area contributed by atoms with Gasteiger partial charge in [0.2, 0.25) is 0 Å². The molecule has 2 aliphatic heterocycles. The number of hydrogen-bond donors (Lipinski definition) is 0. The number of aryl methyl sites for hydroxylation is 2. The molecule has 0 amide bonds. The summed E-state index contributed by atoms with van der Waals surface area (Å²) in [4.78, 5) is 4.93. The van der Waals surface area contributed by atoms with E-state index in [2.05, 4.69) is 181 Å². The lowest BCUT2D eigenvalue weighted by atomic mass is 9.33. The van der Waals surface area contributed by atoms with Gasteiger partial charge < -0.3 is 9.80 Å². The normalized spacial score (nSPS) is 22.2. The lowest BCUT2D eigenvalue weighted by Gasteiger charge is -2.46. The molecule has 0 saturated carbocycles.